The second kappa shape index (κ2) is 6.06. The summed E-state index contributed by atoms with van der Waals surface area (Å²) in [6.45, 7) is 8.47. The van der Waals surface area contributed by atoms with Crippen LogP contribution in [0, 0.1) is 0 Å². The molecule has 0 aliphatic carbocycles. The average Bonchev–Trinajstić information content (AvgIpc) is 2.54. The molecule has 0 unspecified atom stereocenters. The SMILES string of the molecule is C=C(c1ccccc1)c1ccc(C(N)(CC)CC)cc1. The molecule has 2 N–H and O–H groups in total. The molecule has 104 valence electrons. The first-order valence-electron chi connectivity index (χ1n) is 7.25. The molecule has 1 heteroatoms. The van der Waals surface area contributed by atoms with Gasteiger partial charge in [0.1, 0.15) is 0 Å². The van der Waals surface area contributed by atoms with E-state index in [1.54, 1.807) is 0 Å². The van der Waals surface area contributed by atoms with Gasteiger partial charge >= 0.3 is 0 Å². The molecule has 0 saturated carbocycles. The van der Waals surface area contributed by atoms with Crippen LogP contribution in [0.1, 0.15) is 43.4 Å². The maximum absolute atomic E-state index is 6.43. The Balaban J connectivity index is 2.27. The van der Waals surface area contributed by atoms with Crippen LogP contribution >= 0.6 is 0 Å². The van der Waals surface area contributed by atoms with Gasteiger partial charge in [0.05, 0.1) is 0 Å². The first-order chi connectivity index (χ1) is 9.60. The maximum atomic E-state index is 6.43. The van der Waals surface area contributed by atoms with E-state index < -0.39 is 0 Å². The van der Waals surface area contributed by atoms with Gasteiger partial charge < -0.3 is 5.73 Å². The van der Waals surface area contributed by atoms with E-state index >= 15 is 0 Å². The molecule has 0 aliphatic heterocycles. The normalized spacial score (nSPS) is 11.3. The first kappa shape index (κ1) is 14.5. The summed E-state index contributed by atoms with van der Waals surface area (Å²) in [6, 6.07) is 18.8. The summed E-state index contributed by atoms with van der Waals surface area (Å²) in [6.07, 6.45) is 1.89. The zero-order chi connectivity index (χ0) is 14.6. The van der Waals surface area contributed by atoms with Crippen LogP contribution in [0.4, 0.5) is 0 Å². The molecule has 2 aromatic rings. The molecule has 0 aromatic heterocycles. The quantitative estimate of drug-likeness (QED) is 0.831. The van der Waals surface area contributed by atoms with Crippen molar-refractivity contribution in [1.29, 1.82) is 0 Å². The summed E-state index contributed by atoms with van der Waals surface area (Å²) in [5.41, 5.74) is 10.8. The van der Waals surface area contributed by atoms with Crippen molar-refractivity contribution in [2.75, 3.05) is 0 Å². The highest BCUT2D eigenvalue weighted by Crippen LogP contribution is 2.28. The lowest BCUT2D eigenvalue weighted by molar-refractivity contribution is 0.413. The van der Waals surface area contributed by atoms with Gasteiger partial charge in [-0.25, -0.2) is 0 Å². The van der Waals surface area contributed by atoms with E-state index in [1.165, 1.54) is 5.56 Å². The van der Waals surface area contributed by atoms with Crippen molar-refractivity contribution in [1.82, 2.24) is 0 Å². The zero-order valence-electron chi connectivity index (χ0n) is 12.4. The van der Waals surface area contributed by atoms with E-state index in [0.717, 1.165) is 29.5 Å². The molecule has 0 atom stereocenters. The topological polar surface area (TPSA) is 26.0 Å². The smallest absolute Gasteiger partial charge is 0.0404 e. The molecule has 0 fully saturated rings. The molecular formula is C19H23N. The minimum absolute atomic E-state index is 0.216. The van der Waals surface area contributed by atoms with Gasteiger partial charge in [-0.2, -0.15) is 0 Å². The van der Waals surface area contributed by atoms with Crippen LogP contribution < -0.4 is 5.73 Å². The lowest BCUT2D eigenvalue weighted by Gasteiger charge is -2.27. The Bertz CT molecular complexity index is 562. The van der Waals surface area contributed by atoms with Gasteiger partial charge in [0, 0.05) is 5.54 Å². The summed E-state index contributed by atoms with van der Waals surface area (Å²) < 4.78 is 0. The van der Waals surface area contributed by atoms with Crippen LogP contribution in [0.25, 0.3) is 5.57 Å². The molecule has 2 aromatic carbocycles. The molecule has 2 rings (SSSR count). The number of benzene rings is 2. The summed E-state index contributed by atoms with van der Waals surface area (Å²) in [5.74, 6) is 0. The standard InChI is InChI=1S/C19H23N/c1-4-19(20,5-2)18-13-11-17(12-14-18)15(3)16-9-7-6-8-10-16/h6-14H,3-5,20H2,1-2H3. The molecule has 0 spiro atoms. The van der Waals surface area contributed by atoms with Crippen LogP contribution in [0.5, 0.6) is 0 Å². The van der Waals surface area contributed by atoms with Crippen molar-refractivity contribution in [3.63, 3.8) is 0 Å². The van der Waals surface area contributed by atoms with Gasteiger partial charge in [-0.3, -0.25) is 0 Å². The molecular weight excluding hydrogens is 242 g/mol. The van der Waals surface area contributed by atoms with Crippen LogP contribution in [-0.4, -0.2) is 0 Å². The fourth-order valence-electron chi connectivity index (χ4n) is 2.47. The van der Waals surface area contributed by atoms with E-state index in [4.69, 9.17) is 5.73 Å². The molecule has 1 nitrogen and oxygen atoms in total. The average molecular weight is 265 g/mol. The third-order valence-electron chi connectivity index (χ3n) is 4.19. The molecule has 0 saturated heterocycles. The van der Waals surface area contributed by atoms with Crippen LogP contribution in [0.15, 0.2) is 61.2 Å². The Morgan fingerprint density at radius 1 is 0.900 bits per heavy atom. The summed E-state index contributed by atoms with van der Waals surface area (Å²) >= 11 is 0. The lowest BCUT2D eigenvalue weighted by atomic mass is 9.85. The van der Waals surface area contributed by atoms with Gasteiger partial charge in [-0.05, 0) is 35.1 Å². The molecule has 0 bridgehead atoms. The van der Waals surface area contributed by atoms with Crippen molar-refractivity contribution in [3.8, 4) is 0 Å². The van der Waals surface area contributed by atoms with E-state index in [0.29, 0.717) is 0 Å². The third kappa shape index (κ3) is 2.83. The van der Waals surface area contributed by atoms with Gasteiger partial charge in [-0.15, -0.1) is 0 Å². The lowest BCUT2D eigenvalue weighted by Crippen LogP contribution is -2.34. The Morgan fingerprint density at radius 2 is 1.40 bits per heavy atom. The maximum Gasteiger partial charge on any atom is 0.0404 e. The second-order valence-corrected chi connectivity index (χ2v) is 5.29. The Morgan fingerprint density at radius 3 is 1.90 bits per heavy atom. The first-order valence-corrected chi connectivity index (χ1v) is 7.25. The van der Waals surface area contributed by atoms with Crippen LogP contribution in [0.3, 0.4) is 0 Å². The molecule has 0 radical (unpaired) electrons. The highest BCUT2D eigenvalue weighted by molar-refractivity contribution is 5.78. The zero-order valence-corrected chi connectivity index (χ0v) is 12.4. The Kier molecular flexibility index (Phi) is 4.41. The fourth-order valence-corrected chi connectivity index (χ4v) is 2.47. The van der Waals surface area contributed by atoms with Crippen LogP contribution in [-0.2, 0) is 5.54 Å². The van der Waals surface area contributed by atoms with Crippen molar-refractivity contribution >= 4 is 5.57 Å². The minimum atomic E-state index is -0.216. The second-order valence-electron chi connectivity index (χ2n) is 5.29. The predicted molar refractivity (Wildman–Crippen MR) is 87.5 cm³/mol. The number of hydrogen-bond donors (Lipinski definition) is 1. The van der Waals surface area contributed by atoms with E-state index in [9.17, 15) is 0 Å². The van der Waals surface area contributed by atoms with E-state index in [-0.39, 0.29) is 5.54 Å². The summed E-state index contributed by atoms with van der Waals surface area (Å²) in [7, 11) is 0. The van der Waals surface area contributed by atoms with E-state index in [1.807, 2.05) is 18.2 Å². The highest BCUT2D eigenvalue weighted by atomic mass is 14.7. The summed E-state index contributed by atoms with van der Waals surface area (Å²) in [5, 5.41) is 0. The number of rotatable bonds is 5. The monoisotopic (exact) mass is 265 g/mol. The van der Waals surface area contributed by atoms with Gasteiger partial charge in [0.25, 0.3) is 0 Å². The van der Waals surface area contributed by atoms with Crippen molar-refractivity contribution in [2.24, 2.45) is 5.73 Å². The molecule has 0 heterocycles. The Hall–Kier alpha value is -1.86. The Labute approximate surface area is 122 Å². The van der Waals surface area contributed by atoms with Gasteiger partial charge in [0.2, 0.25) is 0 Å². The molecule has 20 heavy (non-hydrogen) atoms. The minimum Gasteiger partial charge on any atom is -0.321 e. The van der Waals surface area contributed by atoms with E-state index in [2.05, 4.69) is 56.8 Å². The highest BCUT2D eigenvalue weighted by Gasteiger charge is 2.22. The van der Waals surface area contributed by atoms with Crippen molar-refractivity contribution in [3.05, 3.63) is 77.9 Å². The van der Waals surface area contributed by atoms with Gasteiger partial charge in [0.15, 0.2) is 0 Å². The number of hydrogen-bond acceptors (Lipinski definition) is 1. The molecule has 0 amide bonds. The molecule has 0 aliphatic rings. The van der Waals surface area contributed by atoms with Crippen molar-refractivity contribution in [2.45, 2.75) is 32.2 Å². The van der Waals surface area contributed by atoms with Gasteiger partial charge in [-0.1, -0.05) is 75.0 Å². The predicted octanol–water partition coefficient (Wildman–Crippen LogP) is 4.72. The van der Waals surface area contributed by atoms with Crippen molar-refractivity contribution < 1.29 is 0 Å². The third-order valence-corrected chi connectivity index (χ3v) is 4.19. The largest absolute Gasteiger partial charge is 0.321 e. The summed E-state index contributed by atoms with van der Waals surface area (Å²) in [4.78, 5) is 0. The fraction of sp³-hybridized carbons (Fsp3) is 0.263. The number of nitrogens with two attached hydrogens (primary N) is 1. The van der Waals surface area contributed by atoms with Crippen LogP contribution in [0.2, 0.25) is 0 Å².